The summed E-state index contributed by atoms with van der Waals surface area (Å²) in [5, 5.41) is 10.5. The highest BCUT2D eigenvalue weighted by molar-refractivity contribution is 7.89. The second kappa shape index (κ2) is 6.19. The van der Waals surface area contributed by atoms with Crippen LogP contribution in [-0.4, -0.2) is 31.5 Å². The van der Waals surface area contributed by atoms with Gasteiger partial charge in [-0.3, -0.25) is 14.9 Å². The van der Waals surface area contributed by atoms with Crippen LogP contribution in [0, 0.1) is 10.1 Å². The Bertz CT molecular complexity index is 636. The molecule has 116 valence electrons. The number of nitrogens with one attached hydrogen (secondary N) is 1. The highest BCUT2D eigenvalue weighted by Gasteiger charge is 2.34. The maximum Gasteiger partial charge on any atom is 0.326 e. The first-order valence-electron chi connectivity index (χ1n) is 6.06. The van der Waals surface area contributed by atoms with Gasteiger partial charge in [0.2, 0.25) is 10.0 Å². The Labute approximate surface area is 122 Å². The van der Waals surface area contributed by atoms with E-state index in [-0.39, 0.29) is 17.2 Å². The lowest BCUT2D eigenvalue weighted by molar-refractivity contribution is -0.384. The van der Waals surface area contributed by atoms with Crippen LogP contribution in [-0.2, 0) is 19.6 Å². The lowest BCUT2D eigenvalue weighted by Gasteiger charge is -2.23. The molecule has 0 aromatic heterocycles. The van der Waals surface area contributed by atoms with Gasteiger partial charge in [0.15, 0.2) is 0 Å². The van der Waals surface area contributed by atoms with Crippen molar-refractivity contribution in [2.45, 2.75) is 31.2 Å². The lowest BCUT2D eigenvalue weighted by atomic mass is 10.1. The molecule has 1 rings (SSSR count). The van der Waals surface area contributed by atoms with Gasteiger partial charge in [-0.15, -0.1) is 0 Å². The molecule has 0 radical (unpaired) electrons. The summed E-state index contributed by atoms with van der Waals surface area (Å²) >= 11 is 0. The van der Waals surface area contributed by atoms with Crippen molar-refractivity contribution >= 4 is 21.7 Å². The zero-order valence-corrected chi connectivity index (χ0v) is 12.6. The highest BCUT2D eigenvalue weighted by atomic mass is 32.2. The molecular formula is C12H16N2O6S. The first-order valence-corrected chi connectivity index (χ1v) is 7.54. The number of carbonyl (C=O) groups is 1. The molecule has 0 aliphatic heterocycles. The predicted octanol–water partition coefficient (Wildman–Crippen LogP) is 1.21. The highest BCUT2D eigenvalue weighted by Crippen LogP contribution is 2.18. The second-order valence-corrected chi connectivity index (χ2v) is 6.38. The van der Waals surface area contributed by atoms with E-state index in [1.54, 1.807) is 6.92 Å². The van der Waals surface area contributed by atoms with Gasteiger partial charge in [-0.25, -0.2) is 8.42 Å². The molecule has 0 fully saturated rings. The summed E-state index contributed by atoms with van der Waals surface area (Å²) in [6, 6.07) is 4.35. The number of rotatable bonds is 6. The molecule has 1 aromatic rings. The van der Waals surface area contributed by atoms with E-state index in [4.69, 9.17) is 4.74 Å². The number of esters is 1. The molecule has 0 atom stereocenters. The molecule has 0 aliphatic carbocycles. The number of benzene rings is 1. The molecule has 21 heavy (non-hydrogen) atoms. The van der Waals surface area contributed by atoms with Gasteiger partial charge in [0.05, 0.1) is 16.4 Å². The van der Waals surface area contributed by atoms with Crippen LogP contribution in [0.25, 0.3) is 0 Å². The molecule has 0 spiro atoms. The fraction of sp³-hybridized carbons (Fsp3) is 0.417. The van der Waals surface area contributed by atoms with Crippen molar-refractivity contribution in [2.24, 2.45) is 0 Å². The number of carbonyl (C=O) groups excluding carboxylic acids is 1. The standard InChI is InChI=1S/C12H16N2O6S/c1-4-20-11(15)12(2,3)13-21(18,19)10-7-5-9(6-8-10)14(16)17/h5-8,13H,4H2,1-3H3. The molecule has 0 aliphatic rings. The molecule has 8 nitrogen and oxygen atoms in total. The summed E-state index contributed by atoms with van der Waals surface area (Å²) in [4.78, 5) is 21.4. The molecule has 9 heteroatoms. The van der Waals surface area contributed by atoms with Crippen LogP contribution >= 0.6 is 0 Å². The Kier molecular flexibility index (Phi) is 5.02. The zero-order valence-electron chi connectivity index (χ0n) is 11.8. The van der Waals surface area contributed by atoms with E-state index >= 15 is 0 Å². The van der Waals surface area contributed by atoms with E-state index in [2.05, 4.69) is 4.72 Å². The summed E-state index contributed by atoms with van der Waals surface area (Å²) in [6.07, 6.45) is 0. The number of ether oxygens (including phenoxy) is 1. The van der Waals surface area contributed by atoms with Crippen molar-refractivity contribution < 1.29 is 22.9 Å². The van der Waals surface area contributed by atoms with E-state index in [9.17, 15) is 23.3 Å². The minimum atomic E-state index is -4.00. The Hall–Kier alpha value is -2.00. The summed E-state index contributed by atoms with van der Waals surface area (Å²) in [6.45, 7) is 4.47. The monoisotopic (exact) mass is 316 g/mol. The van der Waals surface area contributed by atoms with E-state index < -0.39 is 26.5 Å². The fourth-order valence-electron chi connectivity index (χ4n) is 1.50. The third kappa shape index (κ3) is 4.23. The van der Waals surface area contributed by atoms with Crippen molar-refractivity contribution in [1.82, 2.24) is 4.72 Å². The normalized spacial score (nSPS) is 12.0. The van der Waals surface area contributed by atoms with Crippen molar-refractivity contribution in [2.75, 3.05) is 6.61 Å². The van der Waals surface area contributed by atoms with Crippen LogP contribution < -0.4 is 4.72 Å². The molecule has 0 saturated carbocycles. The molecular weight excluding hydrogens is 300 g/mol. The maximum absolute atomic E-state index is 12.1. The minimum Gasteiger partial charge on any atom is -0.465 e. The predicted molar refractivity (Wildman–Crippen MR) is 74.1 cm³/mol. The van der Waals surface area contributed by atoms with Gasteiger partial charge in [-0.1, -0.05) is 0 Å². The van der Waals surface area contributed by atoms with Crippen molar-refractivity contribution in [3.05, 3.63) is 34.4 Å². The number of nitro benzene ring substituents is 1. The number of nitro groups is 1. The van der Waals surface area contributed by atoms with Crippen LogP contribution in [0.15, 0.2) is 29.2 Å². The number of nitrogens with zero attached hydrogens (tertiary/aromatic N) is 1. The zero-order chi connectivity index (χ0) is 16.3. The van der Waals surface area contributed by atoms with Crippen molar-refractivity contribution in [3.63, 3.8) is 0 Å². The first-order chi connectivity index (χ1) is 9.60. The Morgan fingerprint density at radius 2 is 1.86 bits per heavy atom. The Morgan fingerprint density at radius 1 is 1.33 bits per heavy atom. The van der Waals surface area contributed by atoms with Crippen LogP contribution in [0.3, 0.4) is 0 Å². The number of sulfonamides is 1. The summed E-state index contributed by atoms with van der Waals surface area (Å²) in [5.74, 6) is -0.713. The number of hydrogen-bond acceptors (Lipinski definition) is 6. The van der Waals surface area contributed by atoms with Crippen LogP contribution in [0.5, 0.6) is 0 Å². The fourth-order valence-corrected chi connectivity index (χ4v) is 2.86. The van der Waals surface area contributed by atoms with Crippen LogP contribution in [0.4, 0.5) is 5.69 Å². The molecule has 0 unspecified atom stereocenters. The largest absolute Gasteiger partial charge is 0.465 e. The number of non-ortho nitro benzene ring substituents is 1. The molecule has 0 amide bonds. The molecule has 1 N–H and O–H groups in total. The average molecular weight is 316 g/mol. The minimum absolute atomic E-state index is 0.127. The first kappa shape index (κ1) is 17.1. The summed E-state index contributed by atoms with van der Waals surface area (Å²) in [5.41, 5.74) is -1.67. The van der Waals surface area contributed by atoms with E-state index in [0.717, 1.165) is 24.3 Å². The van der Waals surface area contributed by atoms with E-state index in [1.165, 1.54) is 13.8 Å². The van der Waals surface area contributed by atoms with Gasteiger partial charge in [0.25, 0.3) is 5.69 Å². The van der Waals surface area contributed by atoms with Crippen LogP contribution in [0.1, 0.15) is 20.8 Å². The van der Waals surface area contributed by atoms with Gasteiger partial charge in [-0.2, -0.15) is 4.72 Å². The van der Waals surface area contributed by atoms with Gasteiger partial charge in [0, 0.05) is 12.1 Å². The SMILES string of the molecule is CCOC(=O)C(C)(C)NS(=O)(=O)c1ccc([N+](=O)[O-])cc1. The lowest BCUT2D eigenvalue weighted by Crippen LogP contribution is -2.50. The molecule has 0 heterocycles. The molecule has 1 aromatic carbocycles. The smallest absolute Gasteiger partial charge is 0.326 e. The van der Waals surface area contributed by atoms with Gasteiger partial charge in [0.1, 0.15) is 5.54 Å². The molecule has 0 saturated heterocycles. The van der Waals surface area contributed by atoms with Crippen molar-refractivity contribution in [1.29, 1.82) is 0 Å². The topological polar surface area (TPSA) is 116 Å². The third-order valence-electron chi connectivity index (χ3n) is 2.53. The summed E-state index contributed by atoms with van der Waals surface area (Å²) in [7, 11) is -4.00. The quantitative estimate of drug-likeness (QED) is 0.479. The van der Waals surface area contributed by atoms with Crippen LogP contribution in [0.2, 0.25) is 0 Å². The maximum atomic E-state index is 12.1. The Morgan fingerprint density at radius 3 is 2.29 bits per heavy atom. The van der Waals surface area contributed by atoms with Gasteiger partial charge < -0.3 is 4.74 Å². The third-order valence-corrected chi connectivity index (χ3v) is 4.20. The number of hydrogen-bond donors (Lipinski definition) is 1. The molecule has 0 bridgehead atoms. The van der Waals surface area contributed by atoms with Gasteiger partial charge in [-0.05, 0) is 32.9 Å². The van der Waals surface area contributed by atoms with E-state index in [1.807, 2.05) is 0 Å². The van der Waals surface area contributed by atoms with E-state index in [0.29, 0.717) is 0 Å². The second-order valence-electron chi connectivity index (χ2n) is 4.70. The van der Waals surface area contributed by atoms with Gasteiger partial charge >= 0.3 is 5.97 Å². The average Bonchev–Trinajstić information content (AvgIpc) is 2.38. The van der Waals surface area contributed by atoms with Crippen molar-refractivity contribution in [3.8, 4) is 0 Å². The summed E-state index contributed by atoms with van der Waals surface area (Å²) < 4.78 is 31.3. The Balaban J connectivity index is 3.01.